The van der Waals surface area contributed by atoms with Gasteiger partial charge in [-0.25, -0.2) is 49.8 Å². The van der Waals surface area contributed by atoms with E-state index in [0.717, 1.165) is 57.4 Å². The average molecular weight is 1210 g/mol. The van der Waals surface area contributed by atoms with Crippen molar-refractivity contribution in [1.82, 2.24) is 59.8 Å². The molecule has 20 heteroatoms. The average Bonchev–Trinajstić information content (AvgIpc) is 1.59. The molecule has 462 valence electrons. The smallest absolute Gasteiger partial charge is 0.187 e. The Bertz CT molecular complexity index is 4000. The molecule has 0 saturated heterocycles. The zero-order chi connectivity index (χ0) is 65.1. The van der Waals surface area contributed by atoms with Crippen LogP contribution in [-0.2, 0) is 12.8 Å². The lowest BCUT2D eigenvalue weighted by molar-refractivity contribution is 0.469. The number of aromatic nitrogens is 12. The third-order valence-corrected chi connectivity index (χ3v) is 15.3. The van der Waals surface area contributed by atoms with Gasteiger partial charge in [-0.2, -0.15) is 0 Å². The molecule has 0 bridgehead atoms. The van der Waals surface area contributed by atoms with Crippen molar-refractivity contribution in [2.75, 3.05) is 22.9 Å². The third kappa shape index (κ3) is 20.1. The number of anilines is 4. The van der Waals surface area contributed by atoms with E-state index < -0.39 is 8.07 Å². The number of nitrogen functional groups attached to an aromatic ring is 4. The number of benzene rings is 1. The summed E-state index contributed by atoms with van der Waals surface area (Å²) in [5.74, 6) is 20.7. The summed E-state index contributed by atoms with van der Waals surface area (Å²) in [6.07, 6.45) is 15.8. The highest BCUT2D eigenvalue weighted by molar-refractivity contribution is 6.88. The molecule has 0 spiro atoms. The number of rotatable bonds is 14. The van der Waals surface area contributed by atoms with Gasteiger partial charge in [-0.15, -0.1) is 0 Å². The predicted molar refractivity (Wildman–Crippen MR) is 358 cm³/mol. The summed E-state index contributed by atoms with van der Waals surface area (Å²) in [6.45, 7) is 34.8. The van der Waals surface area contributed by atoms with E-state index in [2.05, 4.69) is 172 Å². The van der Waals surface area contributed by atoms with Crippen LogP contribution >= 0.6 is 0 Å². The molecule has 0 aliphatic heterocycles. The van der Waals surface area contributed by atoms with E-state index in [0.29, 0.717) is 98.5 Å². The number of hydrogen-bond acceptors (Lipinski definition) is 19. The summed E-state index contributed by atoms with van der Waals surface area (Å²) in [5, 5.41) is 1.11. The molecule has 0 atom stereocenters. The minimum absolute atomic E-state index is 0.237. The third-order valence-electron chi connectivity index (χ3n) is 13.5. The minimum Gasteiger partial charge on any atom is -0.451 e. The number of nitrogens with two attached hydrogens (primary N) is 4. The molecule has 8 aromatic heterocycles. The molecule has 0 unspecified atom stereocenters. The van der Waals surface area contributed by atoms with Gasteiger partial charge in [-0.3, -0.25) is 9.97 Å². The number of nitrogens with zero attached hydrogens (tertiary/aromatic N) is 12. The van der Waals surface area contributed by atoms with Gasteiger partial charge < -0.3 is 37.1 Å². The zero-order valence-corrected chi connectivity index (χ0v) is 55.4. The van der Waals surface area contributed by atoms with Crippen LogP contribution in [-0.4, -0.2) is 67.9 Å². The van der Waals surface area contributed by atoms with E-state index in [4.69, 9.17) is 37.1 Å². The van der Waals surface area contributed by atoms with E-state index in [-0.39, 0.29) is 11.8 Å². The van der Waals surface area contributed by atoms with Gasteiger partial charge in [-0.05, 0) is 112 Å². The molecule has 89 heavy (non-hydrogen) atoms. The quantitative estimate of drug-likeness (QED) is 0.0581. The van der Waals surface area contributed by atoms with Gasteiger partial charge in [0.05, 0.1) is 18.6 Å². The van der Waals surface area contributed by atoms with Gasteiger partial charge in [0.2, 0.25) is 0 Å². The van der Waals surface area contributed by atoms with Crippen LogP contribution in [0.3, 0.4) is 0 Å². The molecular weight excluding hydrogens is 1130 g/mol. The second kappa shape index (κ2) is 31.6. The second-order valence-electron chi connectivity index (χ2n) is 23.2. The highest BCUT2D eigenvalue weighted by atomic mass is 28.3. The van der Waals surface area contributed by atoms with Gasteiger partial charge in [0.15, 0.2) is 34.7 Å². The molecule has 0 radical (unpaired) electrons. The van der Waals surface area contributed by atoms with Crippen molar-refractivity contribution in [3.63, 3.8) is 0 Å². The second-order valence-corrected chi connectivity index (χ2v) is 28.2. The predicted octanol–water partition coefficient (Wildman–Crippen LogP) is 13.4. The van der Waals surface area contributed by atoms with E-state index in [1.54, 1.807) is 58.7 Å². The van der Waals surface area contributed by atoms with Gasteiger partial charge in [0.1, 0.15) is 65.8 Å². The summed E-state index contributed by atoms with van der Waals surface area (Å²) in [4.78, 5) is 51.2. The standard InChI is InChI=1S/C21H20N4O.C16H24N4OSi.C16H18N4O.C16H22N4/c1-14(2)18-12-24-17(10-9-16-7-5-4-6-8-16)11-19(18)26-20-13-23-15(3)25-21(20)22;1-10(2)12-8-19-15(22(4,5)6)7-13(12)21-14-9-18-11(3)20-16(14)17;1-5-6-12-7-14(13(8-19-12)10(2)3)21-15-9-18-11(4)20-16(15)17;1-5-14-7-12(15(9-19-14)10(2)3)6-13-8-18-11(4)20-16(13)17/h4-8,11-14H,1-3H3,(H2,22,23,25);7-10H,1-6H3,(H2,17,18,20);7-10H,1-4H3,(H2,17,18,20);7-10H,5-6H2,1-4H3,(H2,17,18,20). The van der Waals surface area contributed by atoms with E-state index in [1.807, 2.05) is 74.0 Å². The van der Waals surface area contributed by atoms with Gasteiger partial charge in [-0.1, -0.05) is 112 Å². The molecule has 1 aromatic carbocycles. The Morgan fingerprint density at radius 3 is 1.24 bits per heavy atom. The first-order valence-corrected chi connectivity index (χ1v) is 33.1. The number of pyridine rings is 4. The van der Waals surface area contributed by atoms with Gasteiger partial charge >= 0.3 is 0 Å². The van der Waals surface area contributed by atoms with Crippen LogP contribution in [0.15, 0.2) is 104 Å². The molecule has 9 aromatic rings. The molecule has 0 fully saturated rings. The fourth-order valence-corrected chi connectivity index (χ4v) is 9.55. The Labute approximate surface area is 525 Å². The summed E-state index contributed by atoms with van der Waals surface area (Å²) < 4.78 is 17.9. The molecule has 8 heterocycles. The Morgan fingerprint density at radius 2 is 0.831 bits per heavy atom. The highest BCUT2D eigenvalue weighted by Crippen LogP contribution is 2.35. The number of aryl methyl sites for hydroxylation is 5. The summed E-state index contributed by atoms with van der Waals surface area (Å²) in [5.41, 5.74) is 33.6. The first-order valence-electron chi connectivity index (χ1n) is 29.6. The van der Waals surface area contributed by atoms with Crippen molar-refractivity contribution in [3.8, 4) is 58.2 Å². The van der Waals surface area contributed by atoms with Crippen molar-refractivity contribution < 1.29 is 14.2 Å². The summed E-state index contributed by atoms with van der Waals surface area (Å²) >= 11 is 0. The number of ether oxygens (including phenoxy) is 3. The van der Waals surface area contributed by atoms with E-state index in [1.165, 1.54) is 11.1 Å². The van der Waals surface area contributed by atoms with Crippen molar-refractivity contribution in [2.45, 2.75) is 153 Å². The van der Waals surface area contributed by atoms with Crippen LogP contribution in [0, 0.1) is 51.4 Å². The molecule has 9 rings (SSSR count). The van der Waals surface area contributed by atoms with Crippen molar-refractivity contribution in [1.29, 1.82) is 0 Å². The first-order chi connectivity index (χ1) is 42.2. The van der Waals surface area contributed by atoms with Crippen molar-refractivity contribution in [3.05, 3.63) is 183 Å². The normalized spacial score (nSPS) is 10.8. The SMILES string of the molecule is CC#Cc1cc(Oc2cnc(C)nc2N)c(C(C)C)cn1.CCc1cc(Cc2cnc(C)nc2N)c(C(C)C)cn1.Cc1ncc(Oc2cc(C#Cc3ccccc3)ncc2C(C)C)c(N)n1.Cc1ncc(Oc2cc([Si](C)(C)C)ncc2C(C)C)c(N)n1. The maximum absolute atomic E-state index is 6.02. The lowest BCUT2D eigenvalue weighted by Gasteiger charge is -2.20. The Balaban J connectivity index is 0.000000190. The summed E-state index contributed by atoms with van der Waals surface area (Å²) in [7, 11) is -1.52. The largest absolute Gasteiger partial charge is 0.451 e. The fourth-order valence-electron chi connectivity index (χ4n) is 8.54. The topological polar surface area (TPSA) is 286 Å². The van der Waals surface area contributed by atoms with Gasteiger partial charge in [0.25, 0.3) is 0 Å². The molecule has 0 amide bonds. The first kappa shape index (κ1) is 68.2. The van der Waals surface area contributed by atoms with Crippen LogP contribution in [0.5, 0.6) is 34.5 Å². The van der Waals surface area contributed by atoms with Crippen LogP contribution in [0.4, 0.5) is 23.3 Å². The molecule has 8 N–H and O–H groups in total. The molecule has 0 aliphatic rings. The van der Waals surface area contributed by atoms with Crippen LogP contribution < -0.4 is 42.5 Å². The fraction of sp³-hybridized carbons (Fsp3) is 0.333. The number of hydrogen-bond donors (Lipinski definition) is 4. The molecule has 19 nitrogen and oxygen atoms in total. The zero-order valence-electron chi connectivity index (χ0n) is 54.4. The van der Waals surface area contributed by atoms with Gasteiger partial charge in [0, 0.05) is 88.4 Å². The minimum atomic E-state index is -1.52. The lowest BCUT2D eigenvalue weighted by atomic mass is 9.94. The molecular formula is C69H84N16O3Si. The van der Waals surface area contributed by atoms with Crippen molar-refractivity contribution in [2.24, 2.45) is 0 Å². The Hall–Kier alpha value is -9.92. The van der Waals surface area contributed by atoms with Crippen molar-refractivity contribution >= 4 is 36.7 Å². The monoisotopic (exact) mass is 1210 g/mol. The van der Waals surface area contributed by atoms with E-state index >= 15 is 0 Å². The van der Waals surface area contributed by atoms with Crippen LogP contribution in [0.25, 0.3) is 0 Å². The molecule has 0 aliphatic carbocycles. The Morgan fingerprint density at radius 1 is 0.427 bits per heavy atom. The van der Waals surface area contributed by atoms with E-state index in [9.17, 15) is 0 Å². The van der Waals surface area contributed by atoms with Crippen LogP contribution in [0.2, 0.25) is 19.6 Å². The maximum atomic E-state index is 6.02. The lowest BCUT2D eigenvalue weighted by Crippen LogP contribution is -2.40. The summed E-state index contributed by atoms with van der Waals surface area (Å²) in [6, 6.07) is 17.6. The highest BCUT2D eigenvalue weighted by Gasteiger charge is 2.23. The molecule has 0 saturated carbocycles. The Kier molecular flexibility index (Phi) is 24.2. The van der Waals surface area contributed by atoms with Crippen LogP contribution in [0.1, 0.15) is 172 Å². The maximum Gasteiger partial charge on any atom is 0.187 e.